The van der Waals surface area contributed by atoms with E-state index >= 15 is 0 Å². The summed E-state index contributed by atoms with van der Waals surface area (Å²) in [6, 6.07) is 7.88. The average Bonchev–Trinajstić information content (AvgIpc) is 3.17. The van der Waals surface area contributed by atoms with Crippen molar-refractivity contribution in [1.29, 1.82) is 0 Å². The summed E-state index contributed by atoms with van der Waals surface area (Å²) in [4.78, 5) is 34.1. The van der Waals surface area contributed by atoms with Crippen LogP contribution in [0.1, 0.15) is 57.2 Å². The third-order valence-electron chi connectivity index (χ3n) is 5.70. The molecule has 0 spiro atoms. The van der Waals surface area contributed by atoms with E-state index < -0.39 is 12.0 Å². The number of allylic oxidation sites excluding steroid dienone is 1. The van der Waals surface area contributed by atoms with Crippen LogP contribution in [0.15, 0.2) is 64.3 Å². The predicted octanol–water partition coefficient (Wildman–Crippen LogP) is 4.98. The molecule has 0 radical (unpaired) electrons. The summed E-state index contributed by atoms with van der Waals surface area (Å²) in [7, 11) is 1.79. The molecule has 0 aromatic heterocycles. The number of esters is 1. The molecule has 2 aliphatic heterocycles. The van der Waals surface area contributed by atoms with Gasteiger partial charge in [-0.3, -0.25) is 4.79 Å². The van der Waals surface area contributed by atoms with Gasteiger partial charge in [0.05, 0.1) is 23.7 Å². The van der Waals surface area contributed by atoms with E-state index in [-0.39, 0.29) is 18.9 Å². The lowest BCUT2D eigenvalue weighted by atomic mass is 9.92. The number of thioether (sulfide) groups is 1. The first-order valence-corrected chi connectivity index (χ1v) is 11.7. The van der Waals surface area contributed by atoms with Gasteiger partial charge in [-0.25, -0.2) is 9.79 Å². The summed E-state index contributed by atoms with van der Waals surface area (Å²) in [5, 5.41) is 2.73. The highest BCUT2D eigenvalue weighted by atomic mass is 32.2. The fraction of sp³-hybridized carbons (Fsp3) is 0.400. The second kappa shape index (κ2) is 10.2. The summed E-state index contributed by atoms with van der Waals surface area (Å²) in [6.45, 7) is 12.5. The summed E-state index contributed by atoms with van der Waals surface area (Å²) in [6.07, 6.45) is 1.79. The van der Waals surface area contributed by atoms with Gasteiger partial charge in [0.15, 0.2) is 5.17 Å². The molecular weight excluding hydrogens is 422 g/mol. The van der Waals surface area contributed by atoms with Crippen LogP contribution >= 0.6 is 11.8 Å². The largest absolute Gasteiger partial charge is 0.458 e. The second-order valence-corrected chi connectivity index (χ2v) is 9.02. The van der Waals surface area contributed by atoms with Crippen molar-refractivity contribution in [2.24, 2.45) is 4.99 Å². The van der Waals surface area contributed by atoms with E-state index in [1.54, 1.807) is 18.0 Å². The Labute approximate surface area is 194 Å². The molecule has 7 heteroatoms. The zero-order chi connectivity index (χ0) is 23.4. The maximum Gasteiger partial charge on any atom is 0.338 e. The monoisotopic (exact) mass is 453 g/mol. The maximum absolute atomic E-state index is 13.1. The van der Waals surface area contributed by atoms with Crippen LogP contribution in [-0.4, -0.2) is 47.0 Å². The van der Waals surface area contributed by atoms with Crippen molar-refractivity contribution in [2.45, 2.75) is 46.1 Å². The topological polar surface area (TPSA) is 62.2 Å². The van der Waals surface area contributed by atoms with Gasteiger partial charge in [-0.15, -0.1) is 0 Å². The van der Waals surface area contributed by atoms with Crippen LogP contribution in [0.4, 0.5) is 0 Å². The quantitative estimate of drug-likeness (QED) is 0.410. The lowest BCUT2D eigenvalue weighted by Crippen LogP contribution is -2.38. The first-order valence-electron chi connectivity index (χ1n) is 10.8. The molecule has 0 bridgehead atoms. The zero-order valence-electron chi connectivity index (χ0n) is 19.4. The highest BCUT2D eigenvalue weighted by Crippen LogP contribution is 2.45. The number of carbonyl (C=O) groups is 2. The fourth-order valence-corrected chi connectivity index (χ4v) is 4.65. The molecule has 3 rings (SSSR count). The van der Waals surface area contributed by atoms with Crippen LogP contribution in [-0.2, 0) is 14.3 Å². The van der Waals surface area contributed by atoms with Crippen molar-refractivity contribution >= 4 is 28.8 Å². The van der Waals surface area contributed by atoms with Gasteiger partial charge in [0.2, 0.25) is 5.91 Å². The number of fused-ring (bicyclic) bond motifs is 1. The van der Waals surface area contributed by atoms with Gasteiger partial charge in [0, 0.05) is 19.3 Å². The molecule has 1 aromatic rings. The van der Waals surface area contributed by atoms with E-state index in [0.29, 0.717) is 23.7 Å². The minimum Gasteiger partial charge on any atom is -0.458 e. The molecule has 6 nitrogen and oxygen atoms in total. The lowest BCUT2D eigenvalue weighted by Gasteiger charge is -2.36. The highest BCUT2D eigenvalue weighted by molar-refractivity contribution is 8.16. The van der Waals surface area contributed by atoms with Gasteiger partial charge >= 0.3 is 5.97 Å². The SMILES string of the molecule is C=CCOC(=O)C1=C(C)N=C2SC=C(CC(=O)N(C)CC)N2[C@@H]1c1ccc(C(C)C)cc1. The van der Waals surface area contributed by atoms with Gasteiger partial charge in [-0.1, -0.05) is 62.5 Å². The van der Waals surface area contributed by atoms with Crippen LogP contribution in [0.5, 0.6) is 0 Å². The number of benzene rings is 1. The number of aliphatic imine (C=N–C) groups is 1. The van der Waals surface area contributed by atoms with Crippen molar-refractivity contribution in [1.82, 2.24) is 9.80 Å². The molecule has 170 valence electrons. The van der Waals surface area contributed by atoms with Crippen molar-refractivity contribution < 1.29 is 14.3 Å². The molecule has 0 aliphatic carbocycles. The number of amides is 1. The highest BCUT2D eigenvalue weighted by Gasteiger charge is 2.41. The second-order valence-electron chi connectivity index (χ2n) is 8.19. The molecular formula is C25H31N3O3S. The summed E-state index contributed by atoms with van der Waals surface area (Å²) in [5.74, 6) is 0.00906. The summed E-state index contributed by atoms with van der Waals surface area (Å²) in [5.41, 5.74) is 4.12. The number of carbonyl (C=O) groups excluding carboxylic acids is 2. The number of amidine groups is 1. The molecule has 32 heavy (non-hydrogen) atoms. The summed E-state index contributed by atoms with van der Waals surface area (Å²) >= 11 is 1.48. The Bertz CT molecular complexity index is 992. The van der Waals surface area contributed by atoms with Gasteiger partial charge in [0.1, 0.15) is 6.61 Å². The minimum absolute atomic E-state index is 0.0246. The molecule has 1 aromatic carbocycles. The van der Waals surface area contributed by atoms with Gasteiger partial charge < -0.3 is 14.5 Å². The Kier molecular flexibility index (Phi) is 7.61. The Hall–Kier alpha value is -2.80. The van der Waals surface area contributed by atoms with Gasteiger partial charge in [-0.2, -0.15) is 0 Å². The Balaban J connectivity index is 2.05. The smallest absolute Gasteiger partial charge is 0.338 e. The first kappa shape index (κ1) is 23.9. The number of rotatable bonds is 8. The molecule has 2 heterocycles. The van der Waals surface area contributed by atoms with E-state index in [9.17, 15) is 9.59 Å². The van der Waals surface area contributed by atoms with Crippen LogP contribution in [0.2, 0.25) is 0 Å². The molecule has 0 fully saturated rings. The normalized spacial score (nSPS) is 17.7. The molecule has 0 saturated heterocycles. The lowest BCUT2D eigenvalue weighted by molar-refractivity contribution is -0.138. The van der Waals surface area contributed by atoms with Crippen LogP contribution in [0, 0.1) is 0 Å². The summed E-state index contributed by atoms with van der Waals surface area (Å²) < 4.78 is 5.42. The van der Waals surface area contributed by atoms with E-state index in [1.165, 1.54) is 17.3 Å². The number of hydrogen-bond donors (Lipinski definition) is 0. The third-order valence-corrected chi connectivity index (χ3v) is 6.59. The molecule has 0 saturated carbocycles. The molecule has 0 N–H and O–H groups in total. The van der Waals surface area contributed by atoms with Crippen molar-refractivity contribution in [2.75, 3.05) is 20.2 Å². The van der Waals surface area contributed by atoms with E-state index in [0.717, 1.165) is 16.4 Å². The zero-order valence-corrected chi connectivity index (χ0v) is 20.2. The Morgan fingerprint density at radius 2 is 2.00 bits per heavy atom. The molecule has 1 amide bonds. The maximum atomic E-state index is 13.1. The molecule has 1 atom stereocenters. The van der Waals surface area contributed by atoms with Crippen molar-refractivity contribution in [3.05, 3.63) is 70.4 Å². The molecule has 0 unspecified atom stereocenters. The standard InChI is InChI=1S/C25H31N3O3S/c1-7-13-31-24(30)22-17(5)26-25-28(20(15-32-25)14-21(29)27(6)8-2)23(22)19-11-9-18(10-12-19)16(3)4/h7,9-12,15-16,23H,1,8,13-14H2,2-6H3/t23-/m1/s1. The fourth-order valence-electron chi connectivity index (χ4n) is 3.69. The Morgan fingerprint density at radius 1 is 1.31 bits per heavy atom. The van der Waals surface area contributed by atoms with Gasteiger partial charge in [0.25, 0.3) is 0 Å². The van der Waals surface area contributed by atoms with Gasteiger partial charge in [-0.05, 0) is 36.3 Å². The minimum atomic E-state index is -0.420. The third kappa shape index (κ3) is 4.83. The van der Waals surface area contributed by atoms with E-state index in [2.05, 4.69) is 49.7 Å². The predicted molar refractivity (Wildman–Crippen MR) is 130 cm³/mol. The number of nitrogens with zero attached hydrogens (tertiary/aromatic N) is 3. The van der Waals surface area contributed by atoms with Crippen LogP contribution < -0.4 is 0 Å². The van der Waals surface area contributed by atoms with E-state index in [1.807, 2.05) is 24.2 Å². The number of hydrogen-bond acceptors (Lipinski definition) is 6. The Morgan fingerprint density at radius 3 is 2.59 bits per heavy atom. The number of ether oxygens (including phenoxy) is 1. The first-order chi connectivity index (χ1) is 15.3. The van der Waals surface area contributed by atoms with Crippen LogP contribution in [0.25, 0.3) is 0 Å². The van der Waals surface area contributed by atoms with Crippen molar-refractivity contribution in [3.63, 3.8) is 0 Å². The van der Waals surface area contributed by atoms with E-state index in [4.69, 9.17) is 4.74 Å². The van der Waals surface area contributed by atoms with Crippen molar-refractivity contribution in [3.8, 4) is 0 Å². The average molecular weight is 454 g/mol. The molecule has 2 aliphatic rings. The van der Waals surface area contributed by atoms with Crippen LogP contribution in [0.3, 0.4) is 0 Å².